The van der Waals surface area contributed by atoms with Crippen LogP contribution in [-0.4, -0.2) is 54.9 Å². The first kappa shape index (κ1) is 28.0. The van der Waals surface area contributed by atoms with Crippen LogP contribution < -0.4 is 15.9 Å². The average molecular weight is 572 g/mol. The Kier molecular flexibility index (Phi) is 9.12. The Morgan fingerprint density at radius 2 is 1.90 bits per heavy atom. The second-order valence-electron chi connectivity index (χ2n) is 8.42. The normalized spacial score (nSPS) is 11.7. The largest absolute Gasteiger partial charge is 0.489 e. The predicted octanol–water partition coefficient (Wildman–Crippen LogP) is 4.11. The molecule has 0 aliphatic heterocycles. The minimum atomic E-state index is -0.538. The Hall–Kier alpha value is -4.00. The summed E-state index contributed by atoms with van der Waals surface area (Å²) >= 11 is 12.2. The number of nitrogens with two attached hydrogens (primary N) is 1. The van der Waals surface area contributed by atoms with Crippen molar-refractivity contribution in [2.45, 2.75) is 33.9 Å². The highest BCUT2D eigenvalue weighted by molar-refractivity contribution is 6.35. The first-order valence-corrected chi connectivity index (χ1v) is 12.8. The Balaban J connectivity index is 1.48. The standard InChI is InChI=1S/C25H27Cl2N9O3/c1-4-35(5-2)13-21-22(36(34-30-21)24-23(28)32-39-33-24)25(37)31-29-15(3)16-7-10-19(11-8-16)38-14-17-6-9-18(26)12-20(17)27/h6-12H,4-5,13-14H2,1-3H3,(H2,28,32)(H,31,37)/b29-15-. The number of halogens is 2. The molecule has 0 radical (unpaired) electrons. The number of nitrogen functional groups attached to an aromatic ring is 1. The van der Waals surface area contributed by atoms with Crippen LogP contribution in [0, 0.1) is 0 Å². The van der Waals surface area contributed by atoms with Crippen molar-refractivity contribution in [1.82, 2.24) is 35.6 Å². The van der Waals surface area contributed by atoms with Crippen molar-refractivity contribution in [3.8, 4) is 11.6 Å². The van der Waals surface area contributed by atoms with Gasteiger partial charge in [-0.25, -0.2) is 10.1 Å². The molecule has 0 aliphatic rings. The van der Waals surface area contributed by atoms with Gasteiger partial charge in [0.25, 0.3) is 5.91 Å². The Labute approximate surface area is 234 Å². The van der Waals surface area contributed by atoms with Crippen LogP contribution >= 0.6 is 23.2 Å². The van der Waals surface area contributed by atoms with Crippen molar-refractivity contribution in [3.05, 3.63) is 75.0 Å². The van der Waals surface area contributed by atoms with Crippen molar-refractivity contribution in [2.24, 2.45) is 5.10 Å². The number of carbonyl (C=O) groups is 1. The minimum absolute atomic E-state index is 0.0244. The van der Waals surface area contributed by atoms with Crippen LogP contribution in [0.4, 0.5) is 5.82 Å². The Morgan fingerprint density at radius 3 is 2.54 bits per heavy atom. The van der Waals surface area contributed by atoms with Gasteiger partial charge in [0.05, 0.1) is 5.71 Å². The van der Waals surface area contributed by atoms with Crippen molar-refractivity contribution in [3.63, 3.8) is 0 Å². The molecule has 0 saturated carbocycles. The SMILES string of the molecule is CCN(CC)Cc1nnn(-c2nonc2N)c1C(=O)N/N=C(/C)c1ccc(OCc2ccc(Cl)cc2Cl)cc1. The molecule has 0 spiro atoms. The molecule has 2 heterocycles. The third kappa shape index (κ3) is 6.72. The molecule has 14 heteroatoms. The van der Waals surface area contributed by atoms with Gasteiger partial charge in [-0.15, -0.1) is 5.10 Å². The average Bonchev–Trinajstić information content (AvgIpc) is 3.55. The number of hydrazone groups is 1. The van der Waals surface area contributed by atoms with Crippen molar-refractivity contribution >= 4 is 40.6 Å². The molecule has 39 heavy (non-hydrogen) atoms. The van der Waals surface area contributed by atoms with E-state index in [0.717, 1.165) is 24.2 Å². The number of anilines is 1. The van der Waals surface area contributed by atoms with Crippen LogP contribution in [0.3, 0.4) is 0 Å². The van der Waals surface area contributed by atoms with E-state index in [4.69, 9.17) is 33.7 Å². The highest BCUT2D eigenvalue weighted by Gasteiger charge is 2.26. The number of nitrogens with zero attached hydrogens (tertiary/aromatic N) is 7. The zero-order valence-corrected chi connectivity index (χ0v) is 23.1. The molecule has 4 rings (SSSR count). The van der Waals surface area contributed by atoms with Crippen molar-refractivity contribution in [1.29, 1.82) is 0 Å². The summed E-state index contributed by atoms with van der Waals surface area (Å²) in [4.78, 5) is 15.4. The van der Waals surface area contributed by atoms with Gasteiger partial charge in [0.2, 0.25) is 11.6 Å². The third-order valence-electron chi connectivity index (χ3n) is 5.93. The van der Waals surface area contributed by atoms with E-state index >= 15 is 0 Å². The number of ether oxygens (including phenoxy) is 1. The van der Waals surface area contributed by atoms with Crippen LogP contribution in [-0.2, 0) is 13.2 Å². The van der Waals surface area contributed by atoms with Gasteiger partial charge in [0.15, 0.2) is 5.69 Å². The quantitative estimate of drug-likeness (QED) is 0.200. The van der Waals surface area contributed by atoms with E-state index in [9.17, 15) is 4.79 Å². The molecule has 12 nitrogen and oxygen atoms in total. The number of amides is 1. The van der Waals surface area contributed by atoms with Crippen molar-refractivity contribution < 1.29 is 14.2 Å². The number of benzene rings is 2. The number of hydrogen-bond donors (Lipinski definition) is 2. The lowest BCUT2D eigenvalue weighted by Gasteiger charge is -2.16. The minimum Gasteiger partial charge on any atom is -0.489 e. The molecule has 0 aliphatic carbocycles. The van der Waals surface area contributed by atoms with E-state index < -0.39 is 5.91 Å². The number of nitrogens with one attached hydrogen (secondary N) is 1. The topological polar surface area (TPSA) is 150 Å². The summed E-state index contributed by atoms with van der Waals surface area (Å²) in [5.41, 5.74) is 11.2. The van der Waals surface area contributed by atoms with Crippen LogP contribution in [0.25, 0.3) is 5.82 Å². The second-order valence-corrected chi connectivity index (χ2v) is 9.26. The Morgan fingerprint density at radius 1 is 1.15 bits per heavy atom. The van der Waals surface area contributed by atoms with Gasteiger partial charge in [-0.1, -0.05) is 48.3 Å². The van der Waals surface area contributed by atoms with Crippen LogP contribution in [0.1, 0.15) is 48.1 Å². The van der Waals surface area contributed by atoms with E-state index in [0.29, 0.717) is 40.4 Å². The third-order valence-corrected chi connectivity index (χ3v) is 6.51. The summed E-state index contributed by atoms with van der Waals surface area (Å²) < 4.78 is 11.7. The highest BCUT2D eigenvalue weighted by Crippen LogP contribution is 2.23. The fourth-order valence-electron chi connectivity index (χ4n) is 3.64. The molecule has 2 aromatic carbocycles. The molecule has 2 aromatic heterocycles. The second kappa shape index (κ2) is 12.7. The van der Waals surface area contributed by atoms with E-state index in [1.54, 1.807) is 19.1 Å². The van der Waals surface area contributed by atoms with E-state index in [2.05, 4.69) is 40.7 Å². The summed E-state index contributed by atoms with van der Waals surface area (Å²) in [5.74, 6) is 0.151. The molecule has 0 bridgehead atoms. The van der Waals surface area contributed by atoms with Crippen LogP contribution in [0.5, 0.6) is 5.75 Å². The van der Waals surface area contributed by atoms with E-state index in [1.807, 2.05) is 44.2 Å². The zero-order chi connectivity index (χ0) is 27.9. The smallest absolute Gasteiger partial charge is 0.292 e. The molecule has 0 unspecified atom stereocenters. The molecule has 3 N–H and O–H groups in total. The number of aromatic nitrogens is 5. The summed E-state index contributed by atoms with van der Waals surface area (Å²) in [5, 5.41) is 20.9. The number of carbonyl (C=O) groups excluding carboxylic acids is 1. The van der Waals surface area contributed by atoms with Gasteiger partial charge in [-0.3, -0.25) is 9.69 Å². The molecule has 4 aromatic rings. The van der Waals surface area contributed by atoms with Crippen LogP contribution in [0.2, 0.25) is 10.0 Å². The summed E-state index contributed by atoms with van der Waals surface area (Å²) in [6, 6.07) is 12.5. The molecule has 0 fully saturated rings. The lowest BCUT2D eigenvalue weighted by molar-refractivity contribution is 0.0944. The van der Waals surface area contributed by atoms with Crippen molar-refractivity contribution in [2.75, 3.05) is 18.8 Å². The van der Waals surface area contributed by atoms with E-state index in [-0.39, 0.29) is 17.3 Å². The molecule has 204 valence electrons. The molecule has 0 saturated heterocycles. The van der Waals surface area contributed by atoms with E-state index in [1.165, 1.54) is 4.68 Å². The fraction of sp³-hybridized carbons (Fsp3) is 0.280. The summed E-state index contributed by atoms with van der Waals surface area (Å²) in [6.45, 7) is 8.03. The monoisotopic (exact) mass is 571 g/mol. The fourth-order valence-corrected chi connectivity index (χ4v) is 4.10. The van der Waals surface area contributed by atoms with Gasteiger partial charge in [-0.05, 0) is 72.3 Å². The van der Waals surface area contributed by atoms with Gasteiger partial charge < -0.3 is 10.5 Å². The van der Waals surface area contributed by atoms with Crippen LogP contribution in [0.15, 0.2) is 52.2 Å². The highest BCUT2D eigenvalue weighted by atomic mass is 35.5. The molecular weight excluding hydrogens is 545 g/mol. The molecule has 0 atom stereocenters. The van der Waals surface area contributed by atoms with Gasteiger partial charge in [-0.2, -0.15) is 9.78 Å². The lowest BCUT2D eigenvalue weighted by atomic mass is 10.1. The number of hydrogen-bond acceptors (Lipinski definition) is 10. The summed E-state index contributed by atoms with van der Waals surface area (Å²) in [7, 11) is 0. The molecular formula is C25H27Cl2N9O3. The Bertz CT molecular complexity index is 1460. The lowest BCUT2D eigenvalue weighted by Crippen LogP contribution is -2.27. The first-order chi connectivity index (χ1) is 18.8. The maximum Gasteiger partial charge on any atom is 0.292 e. The van der Waals surface area contributed by atoms with Gasteiger partial charge in [0.1, 0.15) is 18.1 Å². The summed E-state index contributed by atoms with van der Waals surface area (Å²) in [6.07, 6.45) is 0. The van der Waals surface area contributed by atoms with Gasteiger partial charge >= 0.3 is 0 Å². The predicted molar refractivity (Wildman–Crippen MR) is 147 cm³/mol. The maximum atomic E-state index is 13.3. The maximum absolute atomic E-state index is 13.3. The first-order valence-electron chi connectivity index (χ1n) is 12.1. The number of rotatable bonds is 11. The molecule has 1 amide bonds. The zero-order valence-electron chi connectivity index (χ0n) is 21.6. The van der Waals surface area contributed by atoms with Gasteiger partial charge in [0, 0.05) is 22.2 Å².